The summed E-state index contributed by atoms with van der Waals surface area (Å²) in [6.07, 6.45) is 0.199. The third kappa shape index (κ3) is 4.27. The Morgan fingerprint density at radius 2 is 1.95 bits per heavy atom. The Morgan fingerprint density at radius 3 is 2.65 bits per heavy atom. The molecule has 0 saturated heterocycles. The maximum absolute atomic E-state index is 5.71. The van der Waals surface area contributed by atoms with E-state index in [4.69, 9.17) is 4.74 Å². The Balaban J connectivity index is 2.03. The van der Waals surface area contributed by atoms with Crippen LogP contribution >= 0.6 is 15.9 Å². The van der Waals surface area contributed by atoms with E-state index in [1.54, 1.807) is 0 Å². The van der Waals surface area contributed by atoms with E-state index in [1.165, 1.54) is 11.1 Å². The molecule has 0 atom stereocenters. The Bertz CT molecular complexity index is 581. The standard InChI is InChI=1S/C17H20BrNO/c1-12(2)20-15-6-4-5-14(10-15)11-19-17-8-7-13(3)9-16(17)18/h4-10,12,19H,11H2,1-3H3. The zero-order valence-electron chi connectivity index (χ0n) is 12.1. The van der Waals surface area contributed by atoms with E-state index >= 15 is 0 Å². The van der Waals surface area contributed by atoms with Crippen molar-refractivity contribution in [2.75, 3.05) is 5.32 Å². The molecule has 2 nitrogen and oxygen atoms in total. The van der Waals surface area contributed by atoms with Crippen LogP contribution in [-0.2, 0) is 6.54 Å². The van der Waals surface area contributed by atoms with Gasteiger partial charge in [0.2, 0.25) is 0 Å². The van der Waals surface area contributed by atoms with E-state index in [2.05, 4.69) is 58.5 Å². The Hall–Kier alpha value is -1.48. The van der Waals surface area contributed by atoms with Crippen molar-refractivity contribution in [1.29, 1.82) is 0 Å². The highest BCUT2D eigenvalue weighted by atomic mass is 79.9. The molecule has 0 amide bonds. The molecule has 0 fully saturated rings. The molecular weight excluding hydrogens is 314 g/mol. The van der Waals surface area contributed by atoms with Gasteiger partial charge in [-0.1, -0.05) is 18.2 Å². The van der Waals surface area contributed by atoms with Crippen molar-refractivity contribution >= 4 is 21.6 Å². The van der Waals surface area contributed by atoms with Gasteiger partial charge in [-0.05, 0) is 72.1 Å². The van der Waals surface area contributed by atoms with Crippen molar-refractivity contribution in [1.82, 2.24) is 0 Å². The van der Waals surface area contributed by atoms with E-state index in [0.29, 0.717) is 0 Å². The second-order valence-corrected chi connectivity index (χ2v) is 6.01. The van der Waals surface area contributed by atoms with E-state index in [9.17, 15) is 0 Å². The van der Waals surface area contributed by atoms with Crippen LogP contribution in [0.4, 0.5) is 5.69 Å². The third-order valence-electron chi connectivity index (χ3n) is 2.88. The number of rotatable bonds is 5. The van der Waals surface area contributed by atoms with Crippen LogP contribution in [-0.4, -0.2) is 6.10 Å². The smallest absolute Gasteiger partial charge is 0.120 e. The SMILES string of the molecule is Cc1ccc(NCc2cccc(OC(C)C)c2)c(Br)c1. The summed E-state index contributed by atoms with van der Waals surface area (Å²) in [5, 5.41) is 3.43. The van der Waals surface area contributed by atoms with Crippen LogP contribution in [0.25, 0.3) is 0 Å². The van der Waals surface area contributed by atoms with Gasteiger partial charge in [0.15, 0.2) is 0 Å². The molecule has 20 heavy (non-hydrogen) atoms. The van der Waals surface area contributed by atoms with Gasteiger partial charge in [-0.3, -0.25) is 0 Å². The summed E-state index contributed by atoms with van der Waals surface area (Å²) < 4.78 is 6.80. The van der Waals surface area contributed by atoms with Gasteiger partial charge in [0.1, 0.15) is 5.75 Å². The summed E-state index contributed by atoms with van der Waals surface area (Å²) in [6.45, 7) is 6.93. The largest absolute Gasteiger partial charge is 0.491 e. The number of hydrogen-bond acceptors (Lipinski definition) is 2. The molecule has 1 N–H and O–H groups in total. The summed E-state index contributed by atoms with van der Waals surface area (Å²) in [7, 11) is 0. The molecule has 2 rings (SSSR count). The fourth-order valence-corrected chi connectivity index (χ4v) is 2.60. The lowest BCUT2D eigenvalue weighted by Crippen LogP contribution is -2.06. The van der Waals surface area contributed by atoms with Gasteiger partial charge in [-0.15, -0.1) is 0 Å². The van der Waals surface area contributed by atoms with E-state index in [0.717, 1.165) is 22.5 Å². The number of aryl methyl sites for hydroxylation is 1. The van der Waals surface area contributed by atoms with Crippen LogP contribution in [0.1, 0.15) is 25.0 Å². The van der Waals surface area contributed by atoms with Gasteiger partial charge in [0.05, 0.1) is 6.10 Å². The fourth-order valence-electron chi connectivity index (χ4n) is 1.96. The zero-order valence-corrected chi connectivity index (χ0v) is 13.7. The number of halogens is 1. The number of benzene rings is 2. The minimum atomic E-state index is 0.199. The molecule has 0 heterocycles. The monoisotopic (exact) mass is 333 g/mol. The Kier molecular flexibility index (Phi) is 5.07. The van der Waals surface area contributed by atoms with E-state index in [-0.39, 0.29) is 6.10 Å². The maximum Gasteiger partial charge on any atom is 0.120 e. The van der Waals surface area contributed by atoms with Gasteiger partial charge < -0.3 is 10.1 Å². The molecule has 0 aliphatic carbocycles. The number of hydrogen-bond donors (Lipinski definition) is 1. The molecule has 0 saturated carbocycles. The molecule has 2 aromatic carbocycles. The average molecular weight is 334 g/mol. The first-order valence-corrected chi connectivity index (χ1v) is 7.59. The number of nitrogens with one attached hydrogen (secondary N) is 1. The lowest BCUT2D eigenvalue weighted by molar-refractivity contribution is 0.242. The number of ether oxygens (including phenoxy) is 1. The van der Waals surface area contributed by atoms with Crippen molar-refractivity contribution in [3.8, 4) is 5.75 Å². The molecule has 0 aromatic heterocycles. The van der Waals surface area contributed by atoms with Gasteiger partial charge in [0, 0.05) is 16.7 Å². The van der Waals surface area contributed by atoms with Crippen LogP contribution in [0.15, 0.2) is 46.9 Å². The zero-order chi connectivity index (χ0) is 14.5. The minimum absolute atomic E-state index is 0.199. The molecular formula is C17H20BrNO. The van der Waals surface area contributed by atoms with E-state index < -0.39 is 0 Å². The predicted molar refractivity (Wildman–Crippen MR) is 88.4 cm³/mol. The highest BCUT2D eigenvalue weighted by Gasteiger charge is 2.02. The topological polar surface area (TPSA) is 21.3 Å². The van der Waals surface area contributed by atoms with Gasteiger partial charge >= 0.3 is 0 Å². The molecule has 0 unspecified atom stereocenters. The second-order valence-electron chi connectivity index (χ2n) is 5.15. The highest BCUT2D eigenvalue weighted by molar-refractivity contribution is 9.10. The van der Waals surface area contributed by atoms with Crippen LogP contribution in [0.3, 0.4) is 0 Å². The van der Waals surface area contributed by atoms with Crippen molar-refractivity contribution in [3.05, 3.63) is 58.1 Å². The average Bonchev–Trinajstić information content (AvgIpc) is 2.37. The quantitative estimate of drug-likeness (QED) is 0.816. The maximum atomic E-state index is 5.71. The summed E-state index contributed by atoms with van der Waals surface area (Å²) in [5.41, 5.74) is 3.55. The summed E-state index contributed by atoms with van der Waals surface area (Å²) in [4.78, 5) is 0. The van der Waals surface area contributed by atoms with Gasteiger partial charge in [-0.2, -0.15) is 0 Å². The number of anilines is 1. The fraction of sp³-hybridized carbons (Fsp3) is 0.294. The van der Waals surface area contributed by atoms with Gasteiger partial charge in [-0.25, -0.2) is 0 Å². The van der Waals surface area contributed by atoms with Crippen molar-refractivity contribution in [3.63, 3.8) is 0 Å². The molecule has 106 valence electrons. The molecule has 0 aliphatic rings. The molecule has 0 bridgehead atoms. The lowest BCUT2D eigenvalue weighted by atomic mass is 10.2. The van der Waals surface area contributed by atoms with Crippen LogP contribution < -0.4 is 10.1 Å². The minimum Gasteiger partial charge on any atom is -0.491 e. The van der Waals surface area contributed by atoms with Crippen molar-refractivity contribution in [2.24, 2.45) is 0 Å². The predicted octanol–water partition coefficient (Wildman–Crippen LogP) is 5.16. The summed E-state index contributed by atoms with van der Waals surface area (Å²) in [6, 6.07) is 14.5. The van der Waals surface area contributed by atoms with Crippen molar-refractivity contribution < 1.29 is 4.74 Å². The third-order valence-corrected chi connectivity index (χ3v) is 3.53. The van der Waals surface area contributed by atoms with Crippen LogP contribution in [0, 0.1) is 6.92 Å². The molecule has 3 heteroatoms. The van der Waals surface area contributed by atoms with Gasteiger partial charge in [0.25, 0.3) is 0 Å². The molecule has 0 spiro atoms. The highest BCUT2D eigenvalue weighted by Crippen LogP contribution is 2.24. The van der Waals surface area contributed by atoms with Crippen LogP contribution in [0.5, 0.6) is 5.75 Å². The van der Waals surface area contributed by atoms with Crippen LogP contribution in [0.2, 0.25) is 0 Å². The summed E-state index contributed by atoms with van der Waals surface area (Å²) >= 11 is 3.58. The first kappa shape index (κ1) is 14.9. The molecule has 0 radical (unpaired) electrons. The Labute approximate surface area is 129 Å². The second kappa shape index (κ2) is 6.80. The normalized spacial score (nSPS) is 10.7. The summed E-state index contributed by atoms with van der Waals surface area (Å²) in [5.74, 6) is 0.919. The first-order valence-electron chi connectivity index (χ1n) is 6.80. The molecule has 0 aliphatic heterocycles. The lowest BCUT2D eigenvalue weighted by Gasteiger charge is -2.12. The Morgan fingerprint density at radius 1 is 1.15 bits per heavy atom. The first-order chi connectivity index (χ1) is 9.54. The van der Waals surface area contributed by atoms with E-state index in [1.807, 2.05) is 26.0 Å². The van der Waals surface area contributed by atoms with Crippen molar-refractivity contribution in [2.45, 2.75) is 33.4 Å². The molecule has 2 aromatic rings.